The summed E-state index contributed by atoms with van der Waals surface area (Å²) in [5.41, 5.74) is 5.51. The number of imidazole rings is 1. The molecule has 6 nitrogen and oxygen atoms in total. The van der Waals surface area contributed by atoms with Gasteiger partial charge in [-0.3, -0.25) is 4.79 Å². The van der Waals surface area contributed by atoms with Crippen LogP contribution in [-0.2, 0) is 4.79 Å². The van der Waals surface area contributed by atoms with Gasteiger partial charge in [0, 0.05) is 23.6 Å². The Bertz CT molecular complexity index is 1210. The van der Waals surface area contributed by atoms with E-state index < -0.39 is 0 Å². The number of nitrogens with one attached hydrogen (secondary N) is 1. The molecule has 30 heavy (non-hydrogen) atoms. The molecule has 1 amide bonds. The number of anilines is 1. The molecule has 0 aliphatic carbocycles. The number of hydrogen-bond donors (Lipinski definition) is 1. The zero-order valence-corrected chi connectivity index (χ0v) is 17.2. The molecule has 0 fully saturated rings. The SMILES string of the molecule is COc1ccccc1OCC(=O)Nc1cc(-c2cn3cccc(C)c3n2)ccc1C. The average Bonchev–Trinajstić information content (AvgIpc) is 3.20. The number of nitrogens with zero attached hydrogens (tertiary/aromatic N) is 2. The fourth-order valence-corrected chi connectivity index (χ4v) is 3.28. The smallest absolute Gasteiger partial charge is 0.262 e. The molecule has 152 valence electrons. The van der Waals surface area contributed by atoms with Crippen LogP contribution in [0.4, 0.5) is 5.69 Å². The standard InChI is InChI=1S/C24H23N3O3/c1-16-10-11-18(20-14-27-12-6-7-17(2)24(27)26-20)13-19(16)25-23(28)15-30-22-9-5-4-8-21(22)29-3/h4-14H,15H2,1-3H3,(H,25,28). The number of methoxy groups -OCH3 is 1. The molecule has 2 heterocycles. The number of aryl methyl sites for hydroxylation is 2. The van der Waals surface area contributed by atoms with Crippen LogP contribution < -0.4 is 14.8 Å². The van der Waals surface area contributed by atoms with Gasteiger partial charge >= 0.3 is 0 Å². The van der Waals surface area contributed by atoms with Crippen LogP contribution in [0.2, 0.25) is 0 Å². The van der Waals surface area contributed by atoms with Gasteiger partial charge in [0.2, 0.25) is 0 Å². The molecular weight excluding hydrogens is 378 g/mol. The van der Waals surface area contributed by atoms with Gasteiger partial charge < -0.3 is 19.2 Å². The maximum atomic E-state index is 12.5. The topological polar surface area (TPSA) is 64.9 Å². The van der Waals surface area contributed by atoms with Crippen molar-refractivity contribution < 1.29 is 14.3 Å². The molecule has 2 aromatic carbocycles. The largest absolute Gasteiger partial charge is 0.493 e. The first kappa shape index (κ1) is 19.5. The Hall–Kier alpha value is -3.80. The van der Waals surface area contributed by atoms with Crippen molar-refractivity contribution in [1.82, 2.24) is 9.38 Å². The third kappa shape index (κ3) is 3.98. The third-order valence-electron chi connectivity index (χ3n) is 4.91. The van der Waals surface area contributed by atoms with Crippen molar-refractivity contribution in [3.05, 3.63) is 78.1 Å². The molecule has 0 atom stereocenters. The fraction of sp³-hybridized carbons (Fsp3) is 0.167. The molecule has 0 aliphatic rings. The Morgan fingerprint density at radius 2 is 1.83 bits per heavy atom. The van der Waals surface area contributed by atoms with Crippen LogP contribution in [0.5, 0.6) is 11.5 Å². The zero-order chi connectivity index (χ0) is 21.1. The second kappa shape index (κ2) is 8.29. The Labute approximate surface area is 175 Å². The van der Waals surface area contributed by atoms with E-state index in [1.807, 2.05) is 73.1 Å². The summed E-state index contributed by atoms with van der Waals surface area (Å²) in [5.74, 6) is 0.873. The predicted octanol–water partition coefficient (Wildman–Crippen LogP) is 4.64. The van der Waals surface area contributed by atoms with Crippen molar-refractivity contribution in [3.63, 3.8) is 0 Å². The highest BCUT2D eigenvalue weighted by molar-refractivity contribution is 5.93. The lowest BCUT2D eigenvalue weighted by Gasteiger charge is -2.12. The second-order valence-electron chi connectivity index (χ2n) is 7.07. The number of fused-ring (bicyclic) bond motifs is 1. The van der Waals surface area contributed by atoms with Gasteiger partial charge in [0.05, 0.1) is 12.8 Å². The van der Waals surface area contributed by atoms with E-state index in [4.69, 9.17) is 14.5 Å². The number of para-hydroxylation sites is 2. The van der Waals surface area contributed by atoms with Crippen molar-refractivity contribution in [2.24, 2.45) is 0 Å². The summed E-state index contributed by atoms with van der Waals surface area (Å²) in [4.78, 5) is 17.2. The molecule has 4 rings (SSSR count). The van der Waals surface area contributed by atoms with E-state index in [0.29, 0.717) is 11.5 Å². The van der Waals surface area contributed by atoms with Gasteiger partial charge in [-0.25, -0.2) is 4.98 Å². The highest BCUT2D eigenvalue weighted by Crippen LogP contribution is 2.27. The van der Waals surface area contributed by atoms with E-state index in [9.17, 15) is 4.79 Å². The number of amides is 1. The van der Waals surface area contributed by atoms with E-state index in [0.717, 1.165) is 33.7 Å². The molecule has 4 aromatic rings. The van der Waals surface area contributed by atoms with Gasteiger partial charge in [-0.05, 0) is 49.2 Å². The first-order valence-electron chi connectivity index (χ1n) is 9.66. The Balaban J connectivity index is 1.51. The van der Waals surface area contributed by atoms with Crippen LogP contribution in [-0.4, -0.2) is 29.0 Å². The van der Waals surface area contributed by atoms with E-state index in [1.165, 1.54) is 0 Å². The normalized spacial score (nSPS) is 10.8. The van der Waals surface area contributed by atoms with Crippen LogP contribution in [0.15, 0.2) is 67.0 Å². The van der Waals surface area contributed by atoms with Crippen molar-refractivity contribution in [2.75, 3.05) is 19.0 Å². The van der Waals surface area contributed by atoms with Crippen LogP contribution in [0.1, 0.15) is 11.1 Å². The molecule has 2 aromatic heterocycles. The number of carbonyl (C=O) groups is 1. The quantitative estimate of drug-likeness (QED) is 0.511. The number of ether oxygens (including phenoxy) is 2. The van der Waals surface area contributed by atoms with Crippen LogP contribution in [0.3, 0.4) is 0 Å². The van der Waals surface area contributed by atoms with Crippen molar-refractivity contribution in [2.45, 2.75) is 13.8 Å². The molecule has 0 saturated carbocycles. The van der Waals surface area contributed by atoms with Crippen molar-refractivity contribution >= 4 is 17.2 Å². The molecule has 1 N–H and O–H groups in total. The van der Waals surface area contributed by atoms with Gasteiger partial charge in [0.15, 0.2) is 18.1 Å². The third-order valence-corrected chi connectivity index (χ3v) is 4.91. The van der Waals surface area contributed by atoms with Crippen LogP contribution >= 0.6 is 0 Å². The predicted molar refractivity (Wildman–Crippen MR) is 117 cm³/mol. The van der Waals surface area contributed by atoms with Gasteiger partial charge in [0.25, 0.3) is 5.91 Å². The Kier molecular flexibility index (Phi) is 5.39. The summed E-state index contributed by atoms with van der Waals surface area (Å²) in [7, 11) is 1.57. The Morgan fingerprint density at radius 1 is 1.03 bits per heavy atom. The molecule has 0 bridgehead atoms. The molecule has 0 spiro atoms. The average molecular weight is 401 g/mol. The maximum Gasteiger partial charge on any atom is 0.262 e. The van der Waals surface area contributed by atoms with E-state index in [-0.39, 0.29) is 12.5 Å². The summed E-state index contributed by atoms with van der Waals surface area (Å²) in [5, 5.41) is 2.93. The lowest BCUT2D eigenvalue weighted by atomic mass is 10.1. The second-order valence-corrected chi connectivity index (χ2v) is 7.07. The van der Waals surface area contributed by atoms with E-state index in [2.05, 4.69) is 5.32 Å². The first-order valence-corrected chi connectivity index (χ1v) is 9.66. The minimum absolute atomic E-state index is 0.113. The number of pyridine rings is 1. The summed E-state index contributed by atoms with van der Waals surface area (Å²) in [6.45, 7) is 3.88. The highest BCUT2D eigenvalue weighted by atomic mass is 16.5. The Morgan fingerprint density at radius 3 is 2.60 bits per heavy atom. The molecular formula is C24H23N3O3. The zero-order valence-electron chi connectivity index (χ0n) is 17.2. The molecule has 0 aliphatic heterocycles. The minimum Gasteiger partial charge on any atom is -0.493 e. The molecule has 0 unspecified atom stereocenters. The summed E-state index contributed by atoms with van der Waals surface area (Å²) in [6.07, 6.45) is 3.97. The number of hydrogen-bond acceptors (Lipinski definition) is 4. The van der Waals surface area contributed by atoms with E-state index in [1.54, 1.807) is 19.2 Å². The highest BCUT2D eigenvalue weighted by Gasteiger charge is 2.11. The number of benzene rings is 2. The van der Waals surface area contributed by atoms with Crippen LogP contribution in [0, 0.1) is 13.8 Å². The van der Waals surface area contributed by atoms with Crippen molar-refractivity contribution in [1.29, 1.82) is 0 Å². The molecule has 6 heteroatoms. The molecule has 0 saturated heterocycles. The van der Waals surface area contributed by atoms with Gasteiger partial charge in [0.1, 0.15) is 5.65 Å². The minimum atomic E-state index is -0.244. The number of rotatable bonds is 6. The lowest BCUT2D eigenvalue weighted by molar-refractivity contribution is -0.118. The van der Waals surface area contributed by atoms with Gasteiger partial charge in [-0.2, -0.15) is 0 Å². The summed E-state index contributed by atoms with van der Waals surface area (Å²) >= 11 is 0. The first-order chi connectivity index (χ1) is 14.5. The van der Waals surface area contributed by atoms with Gasteiger partial charge in [-0.15, -0.1) is 0 Å². The van der Waals surface area contributed by atoms with Gasteiger partial charge in [-0.1, -0.05) is 30.3 Å². The lowest BCUT2D eigenvalue weighted by Crippen LogP contribution is -2.20. The summed E-state index contributed by atoms with van der Waals surface area (Å²) in [6, 6.07) is 17.2. The molecule has 0 radical (unpaired) electrons. The fourth-order valence-electron chi connectivity index (χ4n) is 3.28. The summed E-state index contributed by atoms with van der Waals surface area (Å²) < 4.78 is 12.9. The number of aromatic nitrogens is 2. The monoisotopic (exact) mass is 401 g/mol. The number of carbonyl (C=O) groups excluding carboxylic acids is 1. The van der Waals surface area contributed by atoms with Crippen LogP contribution in [0.25, 0.3) is 16.9 Å². The van der Waals surface area contributed by atoms with Crippen molar-refractivity contribution in [3.8, 4) is 22.8 Å². The maximum absolute atomic E-state index is 12.5. The van der Waals surface area contributed by atoms with E-state index >= 15 is 0 Å².